The van der Waals surface area contributed by atoms with E-state index in [0.717, 1.165) is 10.8 Å². The Labute approximate surface area is 140 Å². The highest BCUT2D eigenvalue weighted by molar-refractivity contribution is 7.16. The number of fused-ring (bicyclic) bond motifs is 1. The number of methoxy groups -OCH3 is 1. The minimum absolute atomic E-state index is 0.246. The second-order valence-electron chi connectivity index (χ2n) is 6.64. The summed E-state index contributed by atoms with van der Waals surface area (Å²) in [7, 11) is 1.37. The van der Waals surface area contributed by atoms with Crippen LogP contribution in [0.3, 0.4) is 0 Å². The molecule has 5 heteroatoms. The smallest absolute Gasteiger partial charge is 0.339 e. The lowest BCUT2D eigenvalue weighted by atomic mass is 9.74. The molecule has 1 N–H and O–H groups in total. The molecule has 0 amide bonds. The highest BCUT2D eigenvalue weighted by Crippen LogP contribution is 2.46. The zero-order valence-corrected chi connectivity index (χ0v) is 14.8. The molecule has 1 aliphatic carbocycles. The minimum Gasteiger partial charge on any atom is -0.465 e. The van der Waals surface area contributed by atoms with E-state index >= 15 is 0 Å². The van der Waals surface area contributed by atoms with Crippen LogP contribution in [-0.4, -0.2) is 18.1 Å². The van der Waals surface area contributed by atoms with Crippen LogP contribution < -0.4 is 5.32 Å². The number of hydrogen-bond donors (Lipinski definition) is 1. The number of carbonyl (C=O) groups excluding carboxylic acids is 1. The van der Waals surface area contributed by atoms with E-state index in [1.807, 2.05) is 17.4 Å². The molecule has 23 heavy (non-hydrogen) atoms. The van der Waals surface area contributed by atoms with Crippen molar-refractivity contribution >= 4 is 28.1 Å². The average Bonchev–Trinajstić information content (AvgIpc) is 2.84. The maximum Gasteiger partial charge on any atom is 0.339 e. The van der Waals surface area contributed by atoms with Crippen molar-refractivity contribution in [1.82, 2.24) is 4.98 Å². The van der Waals surface area contributed by atoms with Crippen LogP contribution in [0, 0.1) is 6.92 Å². The van der Waals surface area contributed by atoms with Gasteiger partial charge in [-0.05, 0) is 54.9 Å². The van der Waals surface area contributed by atoms with E-state index in [9.17, 15) is 4.79 Å². The van der Waals surface area contributed by atoms with Gasteiger partial charge in [-0.15, -0.1) is 11.3 Å². The molecule has 0 unspecified atom stereocenters. The van der Waals surface area contributed by atoms with Crippen molar-refractivity contribution in [2.45, 2.75) is 45.4 Å². The van der Waals surface area contributed by atoms with Gasteiger partial charge >= 0.3 is 5.97 Å². The lowest BCUT2D eigenvalue weighted by Crippen LogP contribution is -2.23. The first kappa shape index (κ1) is 16.0. The van der Waals surface area contributed by atoms with Crippen LogP contribution in [0.2, 0.25) is 0 Å². The van der Waals surface area contributed by atoms with Crippen molar-refractivity contribution in [1.29, 1.82) is 0 Å². The van der Waals surface area contributed by atoms with Gasteiger partial charge in [0.2, 0.25) is 0 Å². The third-order valence-electron chi connectivity index (χ3n) is 4.53. The van der Waals surface area contributed by atoms with Gasteiger partial charge in [-0.2, -0.15) is 0 Å². The van der Waals surface area contributed by atoms with E-state index < -0.39 is 0 Å². The quantitative estimate of drug-likeness (QED) is 0.836. The molecule has 0 aliphatic heterocycles. The lowest BCUT2D eigenvalue weighted by molar-refractivity contribution is 0.0600. The van der Waals surface area contributed by atoms with Crippen LogP contribution in [0.5, 0.6) is 0 Å². The number of pyridine rings is 1. The van der Waals surface area contributed by atoms with Gasteiger partial charge in [-0.25, -0.2) is 9.78 Å². The van der Waals surface area contributed by atoms with Crippen molar-refractivity contribution in [3.63, 3.8) is 0 Å². The third kappa shape index (κ3) is 2.98. The monoisotopic (exact) mass is 330 g/mol. The first-order chi connectivity index (χ1) is 10.9. The largest absolute Gasteiger partial charge is 0.465 e. The van der Waals surface area contributed by atoms with Gasteiger partial charge in [0.25, 0.3) is 0 Å². The summed E-state index contributed by atoms with van der Waals surface area (Å²) in [5.41, 5.74) is 3.54. The summed E-state index contributed by atoms with van der Waals surface area (Å²) in [5, 5.41) is 4.56. The maximum absolute atomic E-state index is 11.5. The molecule has 1 aliphatic rings. The summed E-state index contributed by atoms with van der Waals surface area (Å²) in [6.45, 7) is 6.85. The molecule has 0 spiro atoms. The molecule has 0 aromatic carbocycles. The molecule has 0 saturated heterocycles. The fraction of sp³-hybridized carbons (Fsp3) is 0.444. The fourth-order valence-electron chi connectivity index (χ4n) is 3.39. The van der Waals surface area contributed by atoms with Crippen molar-refractivity contribution in [2.75, 3.05) is 12.4 Å². The Morgan fingerprint density at radius 3 is 2.78 bits per heavy atom. The summed E-state index contributed by atoms with van der Waals surface area (Å²) >= 11 is 1.83. The molecule has 122 valence electrons. The molecular weight excluding hydrogens is 308 g/mol. The molecule has 3 rings (SSSR count). The number of esters is 1. The molecule has 2 heterocycles. The van der Waals surface area contributed by atoms with Crippen molar-refractivity contribution in [3.05, 3.63) is 39.9 Å². The normalized spacial score (nSPS) is 15.8. The number of hydrogen-bond acceptors (Lipinski definition) is 5. The van der Waals surface area contributed by atoms with E-state index in [1.165, 1.54) is 42.4 Å². The number of ether oxygens (including phenoxy) is 1. The summed E-state index contributed by atoms with van der Waals surface area (Å²) in [4.78, 5) is 17.3. The number of nitrogens with zero attached hydrogens (tertiary/aromatic N) is 1. The zero-order chi connectivity index (χ0) is 16.6. The first-order valence-electron chi connectivity index (χ1n) is 7.86. The van der Waals surface area contributed by atoms with E-state index in [0.29, 0.717) is 5.56 Å². The SMILES string of the molecule is COC(=O)c1ccc(Nc2sc3c(c2C)C(C)(C)CCC3)nc1. The lowest BCUT2D eigenvalue weighted by Gasteiger charge is -2.30. The highest BCUT2D eigenvalue weighted by Gasteiger charge is 2.32. The Kier molecular flexibility index (Phi) is 4.15. The van der Waals surface area contributed by atoms with Gasteiger partial charge in [0.05, 0.1) is 17.7 Å². The van der Waals surface area contributed by atoms with E-state index in [4.69, 9.17) is 4.74 Å². The minimum atomic E-state index is -0.367. The van der Waals surface area contributed by atoms with Crippen LogP contribution in [0.15, 0.2) is 18.3 Å². The molecule has 4 nitrogen and oxygen atoms in total. The molecule has 0 bridgehead atoms. The number of carbonyl (C=O) groups is 1. The van der Waals surface area contributed by atoms with Crippen LogP contribution in [0.1, 0.15) is 53.1 Å². The summed E-state index contributed by atoms with van der Waals surface area (Å²) < 4.78 is 4.69. The maximum atomic E-state index is 11.5. The number of thiophene rings is 1. The van der Waals surface area contributed by atoms with Crippen LogP contribution >= 0.6 is 11.3 Å². The topological polar surface area (TPSA) is 51.2 Å². The molecule has 2 aromatic heterocycles. The van der Waals surface area contributed by atoms with Gasteiger partial charge in [0.1, 0.15) is 5.82 Å². The Morgan fingerprint density at radius 2 is 2.17 bits per heavy atom. The van der Waals surface area contributed by atoms with Crippen molar-refractivity contribution < 1.29 is 9.53 Å². The molecule has 0 saturated carbocycles. The first-order valence-corrected chi connectivity index (χ1v) is 8.68. The Balaban J connectivity index is 1.87. The van der Waals surface area contributed by atoms with Crippen LogP contribution in [-0.2, 0) is 16.6 Å². The summed E-state index contributed by atoms with van der Waals surface area (Å²) in [6, 6.07) is 3.55. The predicted octanol–water partition coefficient (Wildman–Crippen LogP) is 4.60. The summed E-state index contributed by atoms with van der Waals surface area (Å²) in [6.07, 6.45) is 5.20. The van der Waals surface area contributed by atoms with Crippen LogP contribution in [0.25, 0.3) is 0 Å². The Hall–Kier alpha value is -1.88. The molecule has 0 radical (unpaired) electrons. The van der Waals surface area contributed by atoms with Gasteiger partial charge < -0.3 is 10.1 Å². The van der Waals surface area contributed by atoms with Gasteiger partial charge in [0.15, 0.2) is 0 Å². The summed E-state index contributed by atoms with van der Waals surface area (Å²) in [5.74, 6) is 0.380. The van der Waals surface area contributed by atoms with Gasteiger partial charge in [0, 0.05) is 11.1 Å². The molecule has 0 fully saturated rings. The van der Waals surface area contributed by atoms with Gasteiger partial charge in [-0.1, -0.05) is 13.8 Å². The zero-order valence-electron chi connectivity index (χ0n) is 14.0. The Morgan fingerprint density at radius 1 is 1.39 bits per heavy atom. The predicted molar refractivity (Wildman–Crippen MR) is 93.9 cm³/mol. The van der Waals surface area contributed by atoms with Crippen molar-refractivity contribution in [2.24, 2.45) is 0 Å². The molecule has 0 atom stereocenters. The highest BCUT2D eigenvalue weighted by atomic mass is 32.1. The molecular formula is C18H22N2O2S. The van der Waals surface area contributed by atoms with E-state index in [2.05, 4.69) is 31.1 Å². The standard InChI is InChI=1S/C18H22N2O2S/c1-11-15-13(6-5-9-18(15,2)3)23-16(11)20-14-8-7-12(10-19-14)17(21)22-4/h7-8,10H,5-6,9H2,1-4H3,(H,19,20). The fourth-order valence-corrected chi connectivity index (χ4v) is 4.83. The van der Waals surface area contributed by atoms with Crippen LogP contribution in [0.4, 0.5) is 10.8 Å². The number of nitrogens with one attached hydrogen (secondary N) is 1. The number of rotatable bonds is 3. The van der Waals surface area contributed by atoms with E-state index in [1.54, 1.807) is 12.3 Å². The number of aryl methyl sites for hydroxylation is 1. The molecule has 2 aromatic rings. The van der Waals surface area contributed by atoms with Gasteiger partial charge in [-0.3, -0.25) is 0 Å². The second kappa shape index (κ2) is 5.96. The Bertz CT molecular complexity index is 732. The third-order valence-corrected chi connectivity index (χ3v) is 5.80. The number of anilines is 2. The second-order valence-corrected chi connectivity index (χ2v) is 7.75. The van der Waals surface area contributed by atoms with Crippen molar-refractivity contribution in [3.8, 4) is 0 Å². The number of aromatic nitrogens is 1. The average molecular weight is 330 g/mol. The van der Waals surface area contributed by atoms with E-state index in [-0.39, 0.29) is 11.4 Å².